The molecule has 0 spiro atoms. The second kappa shape index (κ2) is 7.06. The highest BCUT2D eigenvalue weighted by Gasteiger charge is 2.01. The van der Waals surface area contributed by atoms with Gasteiger partial charge in [0.15, 0.2) is 0 Å². The number of nitrogens with two attached hydrogens (primary N) is 1. The first-order chi connectivity index (χ1) is 5.74. The summed E-state index contributed by atoms with van der Waals surface area (Å²) in [6.07, 6.45) is 0. The quantitative estimate of drug-likeness (QED) is 0.568. The van der Waals surface area contributed by atoms with Crippen molar-refractivity contribution in [2.45, 2.75) is 13.8 Å². The van der Waals surface area contributed by atoms with E-state index in [1.165, 1.54) is 0 Å². The monoisotopic (exact) mass is 174 g/mol. The molecule has 0 saturated carbocycles. The lowest BCUT2D eigenvalue weighted by Crippen LogP contribution is -2.29. The molecule has 0 rings (SSSR count). The van der Waals surface area contributed by atoms with Crippen LogP contribution in [-0.4, -0.2) is 43.7 Å². The topological polar surface area (TPSA) is 55.6 Å². The van der Waals surface area contributed by atoms with E-state index in [1.54, 1.807) is 0 Å². The van der Waals surface area contributed by atoms with Crippen LogP contribution in [0.4, 0.5) is 0 Å². The summed E-state index contributed by atoms with van der Waals surface area (Å²) in [5.41, 5.74) is 5.07. The molecule has 0 unspecified atom stereocenters. The van der Waals surface area contributed by atoms with Crippen LogP contribution in [0, 0.1) is 0 Å². The molecule has 0 aliphatic rings. The molecule has 12 heavy (non-hydrogen) atoms. The van der Waals surface area contributed by atoms with Gasteiger partial charge in [-0.15, -0.1) is 0 Å². The molecule has 0 aromatic carbocycles. The van der Waals surface area contributed by atoms with Crippen LogP contribution in [0.1, 0.15) is 13.8 Å². The second-order valence-corrected chi connectivity index (χ2v) is 2.45. The molecule has 0 atom stereocenters. The van der Waals surface area contributed by atoms with Crippen LogP contribution in [-0.2, 0) is 9.53 Å². The summed E-state index contributed by atoms with van der Waals surface area (Å²) in [5.74, 6) is -0.331. The Bertz CT molecular complexity index is 124. The molecule has 0 aromatic rings. The molecule has 0 aliphatic heterocycles. The molecular formula is C8H18N2O2. The fourth-order valence-electron chi connectivity index (χ4n) is 0.887. The SMILES string of the molecule is CCN(CC)CCOC(=O)CN. The molecule has 4 nitrogen and oxygen atoms in total. The number of ether oxygens (including phenoxy) is 1. The summed E-state index contributed by atoms with van der Waals surface area (Å²) >= 11 is 0. The maximum absolute atomic E-state index is 10.6. The van der Waals surface area contributed by atoms with E-state index < -0.39 is 0 Å². The number of carbonyl (C=O) groups excluding carboxylic acids is 1. The van der Waals surface area contributed by atoms with E-state index in [0.717, 1.165) is 19.6 Å². The maximum atomic E-state index is 10.6. The van der Waals surface area contributed by atoms with Gasteiger partial charge in [0.05, 0.1) is 6.54 Å². The Hall–Kier alpha value is -0.610. The highest BCUT2D eigenvalue weighted by molar-refractivity contribution is 5.71. The van der Waals surface area contributed by atoms with Gasteiger partial charge in [-0.05, 0) is 13.1 Å². The van der Waals surface area contributed by atoms with Crippen molar-refractivity contribution in [1.82, 2.24) is 4.90 Å². The third-order valence-corrected chi connectivity index (χ3v) is 1.73. The molecule has 0 aromatic heterocycles. The molecular weight excluding hydrogens is 156 g/mol. The number of rotatable bonds is 6. The standard InChI is InChI=1S/C8H18N2O2/c1-3-10(4-2)5-6-12-8(11)7-9/h3-7,9H2,1-2H3. The van der Waals surface area contributed by atoms with Crippen molar-refractivity contribution in [3.05, 3.63) is 0 Å². The van der Waals surface area contributed by atoms with E-state index in [-0.39, 0.29) is 12.5 Å². The van der Waals surface area contributed by atoms with Crippen LogP contribution < -0.4 is 5.73 Å². The van der Waals surface area contributed by atoms with E-state index >= 15 is 0 Å². The average Bonchev–Trinajstić information content (AvgIpc) is 2.12. The predicted octanol–water partition coefficient (Wildman–Crippen LogP) is -0.170. The zero-order valence-corrected chi connectivity index (χ0v) is 7.88. The van der Waals surface area contributed by atoms with Crippen molar-refractivity contribution in [2.24, 2.45) is 5.73 Å². The lowest BCUT2D eigenvalue weighted by molar-refractivity contribution is -0.142. The van der Waals surface area contributed by atoms with E-state index in [9.17, 15) is 4.79 Å². The van der Waals surface area contributed by atoms with Gasteiger partial charge in [0, 0.05) is 6.54 Å². The predicted molar refractivity (Wildman–Crippen MR) is 47.8 cm³/mol. The molecule has 0 radical (unpaired) electrons. The van der Waals surface area contributed by atoms with Crippen LogP contribution in [0.3, 0.4) is 0 Å². The first-order valence-corrected chi connectivity index (χ1v) is 4.32. The summed E-state index contributed by atoms with van der Waals surface area (Å²) in [7, 11) is 0. The Balaban J connectivity index is 3.34. The van der Waals surface area contributed by atoms with E-state index in [2.05, 4.69) is 18.7 Å². The van der Waals surface area contributed by atoms with Crippen LogP contribution in [0.15, 0.2) is 0 Å². The number of likely N-dealkylation sites (N-methyl/N-ethyl adjacent to an activating group) is 1. The van der Waals surface area contributed by atoms with Gasteiger partial charge in [-0.3, -0.25) is 4.79 Å². The van der Waals surface area contributed by atoms with Crippen LogP contribution >= 0.6 is 0 Å². The largest absolute Gasteiger partial charge is 0.463 e. The molecule has 0 saturated heterocycles. The second-order valence-electron chi connectivity index (χ2n) is 2.45. The molecule has 4 heteroatoms. The van der Waals surface area contributed by atoms with Gasteiger partial charge in [0.25, 0.3) is 0 Å². The molecule has 2 N–H and O–H groups in total. The van der Waals surface area contributed by atoms with Crippen molar-refractivity contribution in [3.8, 4) is 0 Å². The molecule has 0 heterocycles. The van der Waals surface area contributed by atoms with Crippen LogP contribution in [0.2, 0.25) is 0 Å². The van der Waals surface area contributed by atoms with E-state index in [0.29, 0.717) is 6.61 Å². The minimum absolute atomic E-state index is 0.0295. The number of hydrogen-bond donors (Lipinski definition) is 1. The van der Waals surface area contributed by atoms with E-state index in [1.807, 2.05) is 0 Å². The van der Waals surface area contributed by atoms with Gasteiger partial charge in [-0.1, -0.05) is 13.8 Å². The van der Waals surface area contributed by atoms with Gasteiger partial charge in [0.2, 0.25) is 0 Å². The molecule has 0 fully saturated rings. The summed E-state index contributed by atoms with van der Waals surface area (Å²) in [5, 5.41) is 0. The highest BCUT2D eigenvalue weighted by Crippen LogP contribution is 1.86. The highest BCUT2D eigenvalue weighted by atomic mass is 16.5. The Morgan fingerprint density at radius 1 is 1.42 bits per heavy atom. The van der Waals surface area contributed by atoms with Gasteiger partial charge in [-0.25, -0.2) is 0 Å². The van der Waals surface area contributed by atoms with Crippen molar-refractivity contribution in [3.63, 3.8) is 0 Å². The van der Waals surface area contributed by atoms with Crippen molar-refractivity contribution in [2.75, 3.05) is 32.8 Å². The Kier molecular flexibility index (Phi) is 6.70. The first kappa shape index (κ1) is 11.4. The zero-order chi connectivity index (χ0) is 9.40. The number of carbonyl (C=O) groups is 1. The number of hydrogen-bond acceptors (Lipinski definition) is 4. The summed E-state index contributed by atoms with van der Waals surface area (Å²) < 4.78 is 4.82. The van der Waals surface area contributed by atoms with Crippen LogP contribution in [0.25, 0.3) is 0 Å². The van der Waals surface area contributed by atoms with Gasteiger partial charge >= 0.3 is 5.97 Å². The normalized spacial score (nSPS) is 10.3. The molecule has 72 valence electrons. The zero-order valence-electron chi connectivity index (χ0n) is 7.88. The van der Waals surface area contributed by atoms with Crippen LogP contribution in [0.5, 0.6) is 0 Å². The third-order valence-electron chi connectivity index (χ3n) is 1.73. The fourth-order valence-corrected chi connectivity index (χ4v) is 0.887. The van der Waals surface area contributed by atoms with Crippen molar-refractivity contribution >= 4 is 5.97 Å². The fraction of sp³-hybridized carbons (Fsp3) is 0.875. The Morgan fingerprint density at radius 2 is 2.00 bits per heavy atom. The number of nitrogens with zero attached hydrogens (tertiary/aromatic N) is 1. The Morgan fingerprint density at radius 3 is 2.42 bits per heavy atom. The first-order valence-electron chi connectivity index (χ1n) is 4.32. The van der Waals surface area contributed by atoms with Gasteiger partial charge < -0.3 is 15.4 Å². The average molecular weight is 174 g/mol. The lowest BCUT2D eigenvalue weighted by atomic mass is 10.5. The lowest BCUT2D eigenvalue weighted by Gasteiger charge is -2.17. The molecule has 0 amide bonds. The Labute approximate surface area is 73.7 Å². The molecule has 0 bridgehead atoms. The maximum Gasteiger partial charge on any atom is 0.319 e. The minimum atomic E-state index is -0.331. The number of esters is 1. The van der Waals surface area contributed by atoms with Gasteiger partial charge in [-0.2, -0.15) is 0 Å². The van der Waals surface area contributed by atoms with Gasteiger partial charge in [0.1, 0.15) is 6.61 Å². The van der Waals surface area contributed by atoms with Crippen molar-refractivity contribution < 1.29 is 9.53 Å². The summed E-state index contributed by atoms with van der Waals surface area (Å²) in [6.45, 7) is 7.32. The third kappa shape index (κ3) is 5.09. The molecule has 0 aliphatic carbocycles. The smallest absolute Gasteiger partial charge is 0.319 e. The van der Waals surface area contributed by atoms with Crippen molar-refractivity contribution in [1.29, 1.82) is 0 Å². The minimum Gasteiger partial charge on any atom is -0.463 e. The summed E-state index contributed by atoms with van der Waals surface area (Å²) in [4.78, 5) is 12.8. The summed E-state index contributed by atoms with van der Waals surface area (Å²) in [6, 6.07) is 0. The van der Waals surface area contributed by atoms with E-state index in [4.69, 9.17) is 10.5 Å².